The van der Waals surface area contributed by atoms with Crippen molar-refractivity contribution in [3.8, 4) is 0 Å². The molecule has 0 heterocycles. The van der Waals surface area contributed by atoms with Crippen molar-refractivity contribution >= 4 is 11.6 Å². The molecular weight excluding hydrogens is 144 g/mol. The van der Waals surface area contributed by atoms with E-state index in [1.165, 1.54) is 0 Å². The molecule has 2 atom stereocenters. The molecule has 1 rings (SSSR count). The van der Waals surface area contributed by atoms with Crippen LogP contribution in [0.5, 0.6) is 0 Å². The summed E-state index contributed by atoms with van der Waals surface area (Å²) in [6.45, 7) is 4.38. The molecule has 1 aliphatic rings. The smallest absolute Gasteiger partial charge is 0.0317 e. The van der Waals surface area contributed by atoms with Crippen molar-refractivity contribution in [1.29, 1.82) is 0 Å². The molecule has 0 radical (unpaired) electrons. The standard InChI is InChI=1S/C9H13Cl/c1-8-5-3-4-6-9(8,2)7-10/h3-6,8H,7H2,1-2H3. The first kappa shape index (κ1) is 7.87. The lowest BCUT2D eigenvalue weighted by atomic mass is 9.77. The van der Waals surface area contributed by atoms with Crippen molar-refractivity contribution in [3.63, 3.8) is 0 Å². The van der Waals surface area contributed by atoms with Crippen LogP contribution in [-0.4, -0.2) is 5.88 Å². The lowest BCUT2D eigenvalue weighted by molar-refractivity contribution is 0.370. The van der Waals surface area contributed by atoms with Gasteiger partial charge in [0.1, 0.15) is 0 Å². The SMILES string of the molecule is CC1C=CC=CC1(C)CCl. The molecular formula is C9H13Cl. The van der Waals surface area contributed by atoms with Crippen LogP contribution in [0.15, 0.2) is 24.3 Å². The zero-order valence-corrected chi connectivity index (χ0v) is 7.23. The maximum atomic E-state index is 5.83. The number of hydrogen-bond acceptors (Lipinski definition) is 0. The fraction of sp³-hybridized carbons (Fsp3) is 0.556. The molecule has 2 unspecified atom stereocenters. The largest absolute Gasteiger partial charge is 0.126 e. The molecule has 1 aliphatic carbocycles. The molecule has 0 bridgehead atoms. The maximum Gasteiger partial charge on any atom is 0.0317 e. The van der Waals surface area contributed by atoms with E-state index >= 15 is 0 Å². The predicted octanol–water partition coefficient (Wildman–Crippen LogP) is 2.99. The first-order valence-corrected chi connectivity index (χ1v) is 4.14. The first-order valence-electron chi connectivity index (χ1n) is 3.61. The van der Waals surface area contributed by atoms with Gasteiger partial charge in [-0.3, -0.25) is 0 Å². The van der Waals surface area contributed by atoms with Crippen molar-refractivity contribution in [2.75, 3.05) is 5.88 Å². The van der Waals surface area contributed by atoms with Crippen LogP contribution in [0.2, 0.25) is 0 Å². The number of allylic oxidation sites excluding steroid dienone is 4. The average Bonchev–Trinajstić information content (AvgIpc) is 1.96. The Bertz CT molecular complexity index is 170. The molecule has 0 aromatic carbocycles. The molecule has 0 fully saturated rings. The van der Waals surface area contributed by atoms with E-state index in [0.717, 1.165) is 0 Å². The summed E-state index contributed by atoms with van der Waals surface area (Å²) in [5.74, 6) is 1.27. The summed E-state index contributed by atoms with van der Waals surface area (Å²) in [5, 5.41) is 0. The predicted molar refractivity (Wildman–Crippen MR) is 46.3 cm³/mol. The molecule has 0 aliphatic heterocycles. The van der Waals surface area contributed by atoms with Crippen LogP contribution >= 0.6 is 11.6 Å². The van der Waals surface area contributed by atoms with Crippen LogP contribution in [-0.2, 0) is 0 Å². The van der Waals surface area contributed by atoms with Crippen molar-refractivity contribution in [1.82, 2.24) is 0 Å². The third-order valence-electron chi connectivity index (χ3n) is 2.32. The van der Waals surface area contributed by atoms with E-state index in [2.05, 4.69) is 38.2 Å². The summed E-state index contributed by atoms with van der Waals surface area (Å²) in [4.78, 5) is 0. The number of halogens is 1. The zero-order chi connectivity index (χ0) is 7.61. The van der Waals surface area contributed by atoms with Gasteiger partial charge in [0.2, 0.25) is 0 Å². The Hall–Kier alpha value is -0.230. The summed E-state index contributed by atoms with van der Waals surface area (Å²) in [5.41, 5.74) is 0.177. The highest BCUT2D eigenvalue weighted by molar-refractivity contribution is 6.18. The van der Waals surface area contributed by atoms with Gasteiger partial charge in [-0.05, 0) is 5.92 Å². The van der Waals surface area contributed by atoms with Crippen molar-refractivity contribution in [3.05, 3.63) is 24.3 Å². The third-order valence-corrected chi connectivity index (χ3v) is 2.89. The lowest BCUT2D eigenvalue weighted by Crippen LogP contribution is -2.24. The average molecular weight is 157 g/mol. The van der Waals surface area contributed by atoms with Crippen LogP contribution in [0, 0.1) is 11.3 Å². The number of rotatable bonds is 1. The van der Waals surface area contributed by atoms with E-state index in [0.29, 0.717) is 11.8 Å². The Morgan fingerprint density at radius 1 is 1.50 bits per heavy atom. The molecule has 1 heteroatoms. The lowest BCUT2D eigenvalue weighted by Gasteiger charge is -2.30. The van der Waals surface area contributed by atoms with Crippen molar-refractivity contribution in [2.45, 2.75) is 13.8 Å². The van der Waals surface area contributed by atoms with E-state index < -0.39 is 0 Å². The van der Waals surface area contributed by atoms with Crippen LogP contribution in [0.3, 0.4) is 0 Å². The fourth-order valence-electron chi connectivity index (χ4n) is 1.04. The summed E-state index contributed by atoms with van der Waals surface area (Å²) in [6.07, 6.45) is 8.54. The molecule has 0 spiro atoms. The summed E-state index contributed by atoms with van der Waals surface area (Å²) >= 11 is 5.83. The second-order valence-electron chi connectivity index (χ2n) is 3.17. The number of alkyl halides is 1. The van der Waals surface area contributed by atoms with E-state index in [-0.39, 0.29) is 5.41 Å². The minimum Gasteiger partial charge on any atom is -0.126 e. The summed E-state index contributed by atoms with van der Waals surface area (Å²) in [7, 11) is 0. The second kappa shape index (κ2) is 2.79. The quantitative estimate of drug-likeness (QED) is 0.512. The molecule has 0 amide bonds. The fourth-order valence-corrected chi connectivity index (χ4v) is 1.38. The molecule has 0 saturated carbocycles. The highest BCUT2D eigenvalue weighted by Crippen LogP contribution is 2.33. The Morgan fingerprint density at radius 3 is 2.60 bits per heavy atom. The van der Waals surface area contributed by atoms with Gasteiger partial charge in [-0.15, -0.1) is 11.6 Å². The minimum absolute atomic E-state index is 0.177. The summed E-state index contributed by atoms with van der Waals surface area (Å²) in [6, 6.07) is 0. The third kappa shape index (κ3) is 1.27. The highest BCUT2D eigenvalue weighted by Gasteiger charge is 2.26. The second-order valence-corrected chi connectivity index (χ2v) is 3.44. The first-order chi connectivity index (χ1) is 4.69. The molecule has 10 heavy (non-hydrogen) atoms. The minimum atomic E-state index is 0.177. The molecule has 0 saturated heterocycles. The van der Waals surface area contributed by atoms with Crippen LogP contribution < -0.4 is 0 Å². The van der Waals surface area contributed by atoms with Gasteiger partial charge in [0.05, 0.1) is 0 Å². The number of hydrogen-bond donors (Lipinski definition) is 0. The molecule has 0 nitrogen and oxygen atoms in total. The Labute approximate surface area is 67.6 Å². The Balaban J connectivity index is 2.77. The van der Waals surface area contributed by atoms with Gasteiger partial charge in [-0.25, -0.2) is 0 Å². The van der Waals surface area contributed by atoms with Gasteiger partial charge in [-0.2, -0.15) is 0 Å². The zero-order valence-electron chi connectivity index (χ0n) is 6.47. The normalized spacial score (nSPS) is 38.5. The van der Waals surface area contributed by atoms with Crippen LogP contribution in [0.25, 0.3) is 0 Å². The van der Waals surface area contributed by atoms with Crippen molar-refractivity contribution < 1.29 is 0 Å². The molecule has 0 aromatic rings. The van der Waals surface area contributed by atoms with Crippen LogP contribution in [0.4, 0.5) is 0 Å². The molecule has 0 N–H and O–H groups in total. The highest BCUT2D eigenvalue weighted by atomic mass is 35.5. The van der Waals surface area contributed by atoms with Gasteiger partial charge in [0, 0.05) is 11.3 Å². The molecule has 56 valence electrons. The van der Waals surface area contributed by atoms with Gasteiger partial charge in [-0.1, -0.05) is 38.2 Å². The van der Waals surface area contributed by atoms with Crippen LogP contribution in [0.1, 0.15) is 13.8 Å². The van der Waals surface area contributed by atoms with E-state index in [1.807, 2.05) is 0 Å². The van der Waals surface area contributed by atoms with Gasteiger partial charge in [0.15, 0.2) is 0 Å². The van der Waals surface area contributed by atoms with E-state index in [9.17, 15) is 0 Å². The monoisotopic (exact) mass is 156 g/mol. The topological polar surface area (TPSA) is 0 Å². The van der Waals surface area contributed by atoms with E-state index in [1.54, 1.807) is 0 Å². The summed E-state index contributed by atoms with van der Waals surface area (Å²) < 4.78 is 0. The molecule has 0 aromatic heterocycles. The Kier molecular flexibility index (Phi) is 2.20. The van der Waals surface area contributed by atoms with Gasteiger partial charge < -0.3 is 0 Å². The van der Waals surface area contributed by atoms with Gasteiger partial charge in [0.25, 0.3) is 0 Å². The maximum absolute atomic E-state index is 5.83. The van der Waals surface area contributed by atoms with E-state index in [4.69, 9.17) is 11.6 Å². The van der Waals surface area contributed by atoms with Crippen molar-refractivity contribution in [2.24, 2.45) is 11.3 Å². The Morgan fingerprint density at radius 2 is 2.20 bits per heavy atom. The van der Waals surface area contributed by atoms with Gasteiger partial charge >= 0.3 is 0 Å².